The molecule has 3 heterocycles. The smallest absolute Gasteiger partial charge is 0.251 e. The minimum Gasteiger partial charge on any atom is -0.489 e. The number of pyridine rings is 2. The van der Waals surface area contributed by atoms with Crippen molar-refractivity contribution < 1.29 is 9.53 Å². The van der Waals surface area contributed by atoms with Gasteiger partial charge in [0.05, 0.1) is 0 Å². The summed E-state index contributed by atoms with van der Waals surface area (Å²) in [6, 6.07) is 14.7. The van der Waals surface area contributed by atoms with Crippen LogP contribution in [-0.4, -0.2) is 25.4 Å². The lowest BCUT2D eigenvalue weighted by Crippen LogP contribution is -2.22. The summed E-state index contributed by atoms with van der Waals surface area (Å²) in [5.41, 5.74) is 2.41. The number of imidazole rings is 1. The van der Waals surface area contributed by atoms with E-state index in [9.17, 15) is 4.79 Å². The molecule has 4 aromatic rings. The molecule has 0 saturated carbocycles. The second-order valence-corrected chi connectivity index (χ2v) is 6.36. The van der Waals surface area contributed by atoms with Crippen LogP contribution >= 0.6 is 0 Å². The van der Waals surface area contributed by atoms with Gasteiger partial charge < -0.3 is 10.1 Å². The number of benzene rings is 1. The molecule has 7 heteroatoms. The molecule has 0 aliphatic rings. The molecular weight excluding hydrogens is 366 g/mol. The predicted molar refractivity (Wildman–Crippen MR) is 108 cm³/mol. The van der Waals surface area contributed by atoms with Gasteiger partial charge in [0.2, 0.25) is 0 Å². The van der Waals surface area contributed by atoms with E-state index in [-0.39, 0.29) is 5.91 Å². The van der Waals surface area contributed by atoms with Gasteiger partial charge in [-0.15, -0.1) is 0 Å². The van der Waals surface area contributed by atoms with Gasteiger partial charge in [0.1, 0.15) is 24.5 Å². The van der Waals surface area contributed by atoms with Crippen molar-refractivity contribution in [3.05, 3.63) is 103 Å². The number of aromatic nitrogens is 4. The molecule has 0 radical (unpaired) electrons. The minimum absolute atomic E-state index is 0.171. The molecule has 0 saturated heterocycles. The van der Waals surface area contributed by atoms with Crippen molar-refractivity contribution in [2.24, 2.45) is 0 Å². The molecule has 1 N–H and O–H groups in total. The monoisotopic (exact) mass is 385 g/mol. The topological polar surface area (TPSA) is 81.9 Å². The van der Waals surface area contributed by atoms with Crippen LogP contribution in [0.25, 0.3) is 5.82 Å². The molecule has 1 aromatic carbocycles. The van der Waals surface area contributed by atoms with Crippen molar-refractivity contribution in [2.75, 3.05) is 0 Å². The molecule has 0 aliphatic heterocycles. The SMILES string of the molecule is O=C(NCc1ccc(-n2ccnc2)nc1)c1cccc(OCc2cccnc2)c1. The summed E-state index contributed by atoms with van der Waals surface area (Å²) in [4.78, 5) is 24.9. The van der Waals surface area contributed by atoms with E-state index in [0.29, 0.717) is 24.5 Å². The highest BCUT2D eigenvalue weighted by atomic mass is 16.5. The first kappa shape index (κ1) is 18.4. The van der Waals surface area contributed by atoms with Crippen LogP contribution in [0.4, 0.5) is 0 Å². The second kappa shape index (κ2) is 8.79. The third-order valence-corrected chi connectivity index (χ3v) is 4.26. The molecular formula is C22H19N5O2. The van der Waals surface area contributed by atoms with Crippen molar-refractivity contribution in [3.8, 4) is 11.6 Å². The molecule has 3 aromatic heterocycles. The van der Waals surface area contributed by atoms with E-state index >= 15 is 0 Å². The van der Waals surface area contributed by atoms with Crippen LogP contribution in [-0.2, 0) is 13.2 Å². The average Bonchev–Trinajstić information content (AvgIpc) is 3.32. The van der Waals surface area contributed by atoms with Crippen LogP contribution < -0.4 is 10.1 Å². The van der Waals surface area contributed by atoms with Crippen molar-refractivity contribution in [3.63, 3.8) is 0 Å². The highest BCUT2D eigenvalue weighted by molar-refractivity contribution is 5.94. The van der Waals surface area contributed by atoms with Crippen molar-refractivity contribution >= 4 is 5.91 Å². The number of nitrogens with zero attached hydrogens (tertiary/aromatic N) is 4. The number of carbonyl (C=O) groups is 1. The van der Waals surface area contributed by atoms with Gasteiger partial charge in [0.15, 0.2) is 0 Å². The fourth-order valence-electron chi connectivity index (χ4n) is 2.73. The number of hydrogen-bond acceptors (Lipinski definition) is 5. The molecule has 0 bridgehead atoms. The predicted octanol–water partition coefficient (Wildman–Crippen LogP) is 3.17. The lowest BCUT2D eigenvalue weighted by atomic mass is 10.2. The third-order valence-electron chi connectivity index (χ3n) is 4.26. The first-order valence-corrected chi connectivity index (χ1v) is 9.11. The molecule has 0 fully saturated rings. The van der Waals surface area contributed by atoms with Gasteiger partial charge in [0.25, 0.3) is 5.91 Å². The first-order chi connectivity index (χ1) is 14.3. The summed E-state index contributed by atoms with van der Waals surface area (Å²) in [7, 11) is 0. The van der Waals surface area contributed by atoms with Gasteiger partial charge in [-0.25, -0.2) is 9.97 Å². The fraction of sp³-hybridized carbons (Fsp3) is 0.0909. The van der Waals surface area contributed by atoms with E-state index in [1.54, 1.807) is 49.3 Å². The lowest BCUT2D eigenvalue weighted by Gasteiger charge is -2.09. The van der Waals surface area contributed by atoms with Crippen LogP contribution in [0.2, 0.25) is 0 Å². The van der Waals surface area contributed by atoms with E-state index in [2.05, 4.69) is 20.3 Å². The van der Waals surface area contributed by atoms with Crippen LogP contribution in [0, 0.1) is 0 Å². The zero-order valence-corrected chi connectivity index (χ0v) is 15.6. The third kappa shape index (κ3) is 4.84. The quantitative estimate of drug-likeness (QED) is 0.528. The van der Waals surface area contributed by atoms with E-state index < -0.39 is 0 Å². The molecule has 0 atom stereocenters. The standard InChI is InChI=1S/C22H19N5O2/c28-22(26-14-17-6-7-21(25-13-17)27-10-9-24-16-27)19-4-1-5-20(11-19)29-15-18-3-2-8-23-12-18/h1-13,16H,14-15H2,(H,26,28). The van der Waals surface area contributed by atoms with E-state index in [4.69, 9.17) is 4.74 Å². The summed E-state index contributed by atoms with van der Waals surface area (Å²) < 4.78 is 7.58. The maximum atomic E-state index is 12.5. The minimum atomic E-state index is -0.171. The zero-order valence-electron chi connectivity index (χ0n) is 15.6. The Morgan fingerprint density at radius 1 is 1.00 bits per heavy atom. The normalized spacial score (nSPS) is 10.5. The molecule has 7 nitrogen and oxygen atoms in total. The molecule has 0 unspecified atom stereocenters. The molecule has 29 heavy (non-hydrogen) atoms. The number of amides is 1. The zero-order chi connectivity index (χ0) is 19.9. The summed E-state index contributed by atoms with van der Waals surface area (Å²) in [5.74, 6) is 1.24. The number of nitrogens with one attached hydrogen (secondary N) is 1. The summed E-state index contributed by atoms with van der Waals surface area (Å²) >= 11 is 0. The van der Waals surface area contributed by atoms with Crippen molar-refractivity contribution in [1.82, 2.24) is 24.8 Å². The molecule has 0 aliphatic carbocycles. The van der Waals surface area contributed by atoms with Crippen molar-refractivity contribution in [2.45, 2.75) is 13.2 Å². The van der Waals surface area contributed by atoms with Crippen LogP contribution in [0.15, 0.2) is 85.8 Å². The Kier molecular flexibility index (Phi) is 5.57. The lowest BCUT2D eigenvalue weighted by molar-refractivity contribution is 0.0950. The maximum Gasteiger partial charge on any atom is 0.251 e. The van der Waals surface area contributed by atoms with Gasteiger partial charge >= 0.3 is 0 Å². The number of ether oxygens (including phenoxy) is 1. The van der Waals surface area contributed by atoms with E-state index in [0.717, 1.165) is 16.9 Å². The highest BCUT2D eigenvalue weighted by Crippen LogP contribution is 2.15. The van der Waals surface area contributed by atoms with Gasteiger partial charge in [-0.1, -0.05) is 18.2 Å². The van der Waals surface area contributed by atoms with Gasteiger partial charge in [0, 0.05) is 48.7 Å². The Morgan fingerprint density at radius 3 is 2.72 bits per heavy atom. The molecule has 144 valence electrons. The highest BCUT2D eigenvalue weighted by Gasteiger charge is 2.07. The number of hydrogen-bond donors (Lipinski definition) is 1. The van der Waals surface area contributed by atoms with Gasteiger partial charge in [-0.05, 0) is 35.9 Å². The Balaban J connectivity index is 1.33. The fourth-order valence-corrected chi connectivity index (χ4v) is 2.73. The molecule has 0 spiro atoms. The number of rotatable bonds is 7. The molecule has 1 amide bonds. The maximum absolute atomic E-state index is 12.5. The summed E-state index contributed by atoms with van der Waals surface area (Å²) in [6.07, 6.45) is 10.4. The van der Waals surface area contributed by atoms with Gasteiger partial charge in [-0.2, -0.15) is 0 Å². The van der Waals surface area contributed by atoms with Crippen LogP contribution in [0.1, 0.15) is 21.5 Å². The van der Waals surface area contributed by atoms with E-state index in [1.807, 2.05) is 41.1 Å². The average molecular weight is 385 g/mol. The van der Waals surface area contributed by atoms with Crippen molar-refractivity contribution in [1.29, 1.82) is 0 Å². The van der Waals surface area contributed by atoms with Gasteiger partial charge in [-0.3, -0.25) is 14.3 Å². The molecule has 4 rings (SSSR count). The van der Waals surface area contributed by atoms with Crippen LogP contribution in [0.5, 0.6) is 5.75 Å². The Hall–Kier alpha value is -4.00. The first-order valence-electron chi connectivity index (χ1n) is 9.11. The second-order valence-electron chi connectivity index (χ2n) is 6.36. The Bertz CT molecular complexity index is 1060. The van der Waals surface area contributed by atoms with E-state index in [1.165, 1.54) is 0 Å². The largest absolute Gasteiger partial charge is 0.489 e. The Labute approximate surface area is 168 Å². The Morgan fingerprint density at radius 2 is 1.97 bits per heavy atom. The summed E-state index contributed by atoms with van der Waals surface area (Å²) in [5, 5.41) is 2.91. The van der Waals surface area contributed by atoms with Crippen LogP contribution in [0.3, 0.4) is 0 Å². The summed E-state index contributed by atoms with van der Waals surface area (Å²) in [6.45, 7) is 0.782. The number of carbonyl (C=O) groups excluding carboxylic acids is 1.